The van der Waals surface area contributed by atoms with Crippen molar-refractivity contribution in [1.82, 2.24) is 0 Å². The molecule has 1 saturated heterocycles. The van der Waals surface area contributed by atoms with Crippen molar-refractivity contribution < 1.29 is 34.6 Å². The Hall–Kier alpha value is -1.52. The second-order valence-corrected chi connectivity index (χ2v) is 7.40. The van der Waals surface area contributed by atoms with Crippen LogP contribution in [0.5, 0.6) is 5.75 Å². The summed E-state index contributed by atoms with van der Waals surface area (Å²) in [5.74, 6) is -1.05. The minimum atomic E-state index is -1.76. The SMILES string of the molecule is COC1(c2ccc(Br)c(COc3ccccc3)c2)O[C@H](CO)[C@@H](O)[C@H](O)[C@H]1O. The van der Waals surface area contributed by atoms with E-state index in [0.717, 1.165) is 10.0 Å². The molecule has 2 aromatic carbocycles. The van der Waals surface area contributed by atoms with Gasteiger partial charge in [0.25, 0.3) is 0 Å². The first-order valence-electron chi connectivity index (χ1n) is 8.77. The highest BCUT2D eigenvalue weighted by molar-refractivity contribution is 9.10. The molecule has 152 valence electrons. The summed E-state index contributed by atoms with van der Waals surface area (Å²) in [5.41, 5.74) is 1.18. The van der Waals surface area contributed by atoms with Crippen LogP contribution < -0.4 is 4.74 Å². The van der Waals surface area contributed by atoms with Gasteiger partial charge < -0.3 is 34.6 Å². The quantitative estimate of drug-likeness (QED) is 0.520. The van der Waals surface area contributed by atoms with Gasteiger partial charge in [0, 0.05) is 22.7 Å². The molecular weight excluding hydrogens is 432 g/mol. The summed E-state index contributed by atoms with van der Waals surface area (Å²) in [5, 5.41) is 40.4. The van der Waals surface area contributed by atoms with Crippen LogP contribution in [0, 0.1) is 0 Å². The maximum atomic E-state index is 10.6. The van der Waals surface area contributed by atoms with Crippen molar-refractivity contribution >= 4 is 15.9 Å². The van der Waals surface area contributed by atoms with Crippen LogP contribution in [0.3, 0.4) is 0 Å². The maximum Gasteiger partial charge on any atom is 0.224 e. The van der Waals surface area contributed by atoms with E-state index in [2.05, 4.69) is 15.9 Å². The normalized spacial score (nSPS) is 30.2. The molecule has 8 heteroatoms. The van der Waals surface area contributed by atoms with Crippen LogP contribution in [-0.4, -0.2) is 58.6 Å². The number of ether oxygens (including phenoxy) is 3. The molecular formula is C20H23BrO7. The highest BCUT2D eigenvalue weighted by Crippen LogP contribution is 2.40. The molecule has 5 atom stereocenters. The molecule has 28 heavy (non-hydrogen) atoms. The Morgan fingerprint density at radius 2 is 1.79 bits per heavy atom. The molecule has 0 bridgehead atoms. The van der Waals surface area contributed by atoms with Crippen LogP contribution in [0.15, 0.2) is 53.0 Å². The zero-order valence-electron chi connectivity index (χ0n) is 15.2. The summed E-state index contributed by atoms with van der Waals surface area (Å²) >= 11 is 3.48. The highest BCUT2D eigenvalue weighted by Gasteiger charge is 2.55. The molecule has 0 aliphatic carbocycles. The average Bonchev–Trinajstić information content (AvgIpc) is 2.73. The molecule has 1 aliphatic rings. The Kier molecular flexibility index (Phi) is 6.72. The zero-order valence-corrected chi connectivity index (χ0v) is 16.8. The van der Waals surface area contributed by atoms with Crippen LogP contribution in [-0.2, 0) is 21.9 Å². The third-order valence-corrected chi connectivity index (χ3v) is 5.61. The molecule has 3 rings (SSSR count). The van der Waals surface area contributed by atoms with Gasteiger partial charge >= 0.3 is 0 Å². The highest BCUT2D eigenvalue weighted by atomic mass is 79.9. The van der Waals surface area contributed by atoms with Crippen molar-refractivity contribution in [3.63, 3.8) is 0 Å². The van der Waals surface area contributed by atoms with Gasteiger partial charge in [-0.3, -0.25) is 0 Å². The molecule has 4 N–H and O–H groups in total. The lowest BCUT2D eigenvalue weighted by Gasteiger charge is -2.47. The molecule has 1 aliphatic heterocycles. The third kappa shape index (κ3) is 3.95. The Bertz CT molecular complexity index is 785. The van der Waals surface area contributed by atoms with Crippen molar-refractivity contribution in [3.8, 4) is 5.75 Å². The van der Waals surface area contributed by atoms with Gasteiger partial charge in [0.2, 0.25) is 5.79 Å². The van der Waals surface area contributed by atoms with E-state index < -0.39 is 36.8 Å². The standard InChI is InChI=1S/C20H23BrO7/c1-26-20(19(25)18(24)17(23)16(10-22)28-20)13-7-8-15(21)12(9-13)11-27-14-5-3-2-4-6-14/h2-9,16-19,22-25H,10-11H2,1H3/t16-,17-,18+,19-,20?/m1/s1. The van der Waals surface area contributed by atoms with Gasteiger partial charge in [0.15, 0.2) is 0 Å². The van der Waals surface area contributed by atoms with Crippen LogP contribution in [0.25, 0.3) is 0 Å². The number of aliphatic hydroxyl groups is 4. The van der Waals surface area contributed by atoms with E-state index in [9.17, 15) is 20.4 Å². The number of para-hydroxylation sites is 1. The number of halogens is 1. The monoisotopic (exact) mass is 454 g/mol. The van der Waals surface area contributed by atoms with Gasteiger partial charge in [-0.1, -0.05) is 40.2 Å². The predicted octanol–water partition coefficient (Wildman–Crippen LogP) is 1.30. The van der Waals surface area contributed by atoms with E-state index >= 15 is 0 Å². The van der Waals surface area contributed by atoms with E-state index in [-0.39, 0.29) is 6.61 Å². The minimum absolute atomic E-state index is 0.239. The smallest absolute Gasteiger partial charge is 0.224 e. The van der Waals surface area contributed by atoms with E-state index in [0.29, 0.717) is 11.3 Å². The Balaban J connectivity index is 1.92. The molecule has 0 spiro atoms. The van der Waals surface area contributed by atoms with Gasteiger partial charge in [-0.15, -0.1) is 0 Å². The summed E-state index contributed by atoms with van der Waals surface area (Å²) in [6.07, 6.45) is -5.69. The fourth-order valence-electron chi connectivity index (χ4n) is 3.25. The second-order valence-electron chi connectivity index (χ2n) is 6.54. The fourth-order valence-corrected chi connectivity index (χ4v) is 3.61. The maximum absolute atomic E-state index is 10.6. The van der Waals surface area contributed by atoms with E-state index in [1.54, 1.807) is 18.2 Å². The van der Waals surface area contributed by atoms with Crippen molar-refractivity contribution in [2.75, 3.05) is 13.7 Å². The van der Waals surface area contributed by atoms with Crippen molar-refractivity contribution in [3.05, 3.63) is 64.1 Å². The molecule has 1 fully saturated rings. The van der Waals surface area contributed by atoms with Gasteiger partial charge in [0.1, 0.15) is 36.8 Å². The number of aliphatic hydroxyl groups excluding tert-OH is 4. The Labute approximate surface area is 171 Å². The fraction of sp³-hybridized carbons (Fsp3) is 0.400. The first-order valence-corrected chi connectivity index (χ1v) is 9.57. The number of methoxy groups -OCH3 is 1. The molecule has 0 amide bonds. The van der Waals surface area contributed by atoms with Crippen LogP contribution in [0.4, 0.5) is 0 Å². The number of hydrogen-bond donors (Lipinski definition) is 4. The van der Waals surface area contributed by atoms with Gasteiger partial charge in [-0.2, -0.15) is 0 Å². The summed E-state index contributed by atoms with van der Waals surface area (Å²) in [4.78, 5) is 0. The number of benzene rings is 2. The van der Waals surface area contributed by atoms with Crippen molar-refractivity contribution in [1.29, 1.82) is 0 Å². The van der Waals surface area contributed by atoms with E-state index in [1.807, 2.05) is 30.3 Å². The van der Waals surface area contributed by atoms with Gasteiger partial charge in [-0.05, 0) is 24.3 Å². The van der Waals surface area contributed by atoms with Crippen molar-refractivity contribution in [2.45, 2.75) is 36.8 Å². The van der Waals surface area contributed by atoms with Gasteiger partial charge in [-0.25, -0.2) is 0 Å². The molecule has 1 heterocycles. The Morgan fingerprint density at radius 1 is 1.07 bits per heavy atom. The van der Waals surface area contributed by atoms with Crippen LogP contribution >= 0.6 is 15.9 Å². The molecule has 0 aromatic heterocycles. The largest absolute Gasteiger partial charge is 0.489 e. The molecule has 2 aromatic rings. The van der Waals surface area contributed by atoms with Gasteiger partial charge in [0.05, 0.1) is 6.61 Å². The Morgan fingerprint density at radius 3 is 2.43 bits per heavy atom. The summed E-state index contributed by atoms with van der Waals surface area (Å²) in [6, 6.07) is 14.5. The molecule has 1 unspecified atom stereocenters. The summed E-state index contributed by atoms with van der Waals surface area (Å²) in [7, 11) is 1.32. The van der Waals surface area contributed by atoms with E-state index in [1.165, 1.54) is 7.11 Å². The topological polar surface area (TPSA) is 109 Å². The lowest BCUT2D eigenvalue weighted by Crippen LogP contribution is -2.64. The lowest BCUT2D eigenvalue weighted by molar-refractivity contribution is -0.366. The van der Waals surface area contributed by atoms with Crippen molar-refractivity contribution in [2.24, 2.45) is 0 Å². The lowest BCUT2D eigenvalue weighted by atomic mass is 9.87. The number of hydrogen-bond acceptors (Lipinski definition) is 7. The summed E-state index contributed by atoms with van der Waals surface area (Å²) in [6.45, 7) is -0.306. The second kappa shape index (κ2) is 8.87. The van der Waals surface area contributed by atoms with E-state index in [4.69, 9.17) is 14.2 Å². The summed E-state index contributed by atoms with van der Waals surface area (Å²) < 4.78 is 17.8. The first kappa shape index (κ1) is 21.2. The first-order chi connectivity index (χ1) is 13.4. The molecule has 0 saturated carbocycles. The molecule has 0 radical (unpaired) electrons. The minimum Gasteiger partial charge on any atom is -0.489 e. The molecule has 7 nitrogen and oxygen atoms in total. The zero-order chi connectivity index (χ0) is 20.3. The van der Waals surface area contributed by atoms with Crippen LogP contribution in [0.1, 0.15) is 11.1 Å². The number of rotatable bonds is 6. The third-order valence-electron chi connectivity index (χ3n) is 4.84. The average molecular weight is 455 g/mol. The van der Waals surface area contributed by atoms with Crippen LogP contribution in [0.2, 0.25) is 0 Å². The predicted molar refractivity (Wildman–Crippen MR) is 104 cm³/mol.